The average Bonchev–Trinajstić information content (AvgIpc) is 2.63. The molecule has 0 spiro atoms. The number of hydrogen-bond acceptors (Lipinski definition) is 6. The smallest absolute Gasteiger partial charge is 0.348 e. The molecule has 0 amide bonds. The summed E-state index contributed by atoms with van der Waals surface area (Å²) in [4.78, 5) is 24.9. The van der Waals surface area contributed by atoms with Gasteiger partial charge in [0.05, 0.1) is 10.8 Å². The third-order valence-electron chi connectivity index (χ3n) is 4.71. The van der Waals surface area contributed by atoms with E-state index in [9.17, 15) is 19.8 Å². The quantitative estimate of drug-likeness (QED) is 0.273. The topological polar surface area (TPSA) is 101 Å². The molecule has 2 N–H and O–H groups in total. The van der Waals surface area contributed by atoms with Crippen LogP contribution < -0.4 is 11.1 Å². The van der Waals surface area contributed by atoms with Crippen molar-refractivity contribution < 1.29 is 19.0 Å². The standard InChI is InChI=1S/C20H10O6/c1-2-8-6-7-11-14-12(8)19(23)26-18-13-9(4-3-5-10(13)21)17(22)16(15(14)18)20(24)25-11/h2-7,22-23H,1H2. The minimum absolute atomic E-state index is 0.0301. The molecule has 0 saturated heterocycles. The Balaban J connectivity index is 2.32. The minimum atomic E-state index is -0.758. The maximum Gasteiger partial charge on any atom is 0.348 e. The Morgan fingerprint density at radius 3 is 2.46 bits per heavy atom. The van der Waals surface area contributed by atoms with Gasteiger partial charge in [0, 0.05) is 16.2 Å². The summed E-state index contributed by atoms with van der Waals surface area (Å²) in [5.41, 5.74) is -0.353. The second-order valence-electron chi connectivity index (χ2n) is 6.01. The van der Waals surface area contributed by atoms with E-state index in [1.807, 2.05) is 0 Å². The Hall–Kier alpha value is -3.80. The van der Waals surface area contributed by atoms with Crippen LogP contribution in [0, 0.1) is 0 Å². The lowest BCUT2D eigenvalue weighted by molar-refractivity contribution is 0.348. The molecule has 0 unspecified atom stereocenters. The van der Waals surface area contributed by atoms with Crippen LogP contribution in [0.15, 0.2) is 55.3 Å². The van der Waals surface area contributed by atoms with Crippen LogP contribution in [0.2, 0.25) is 0 Å². The lowest BCUT2D eigenvalue weighted by Crippen LogP contribution is -2.06. The van der Waals surface area contributed by atoms with Crippen LogP contribution >= 0.6 is 0 Å². The van der Waals surface area contributed by atoms with Gasteiger partial charge in [-0.1, -0.05) is 30.9 Å². The van der Waals surface area contributed by atoms with Gasteiger partial charge in [0.15, 0.2) is 11.0 Å². The first-order chi connectivity index (χ1) is 12.5. The number of phenols is 1. The van der Waals surface area contributed by atoms with Crippen LogP contribution in [-0.2, 0) is 0 Å². The lowest BCUT2D eigenvalue weighted by atomic mass is 9.95. The van der Waals surface area contributed by atoms with Gasteiger partial charge in [-0.3, -0.25) is 4.79 Å². The monoisotopic (exact) mass is 346 g/mol. The van der Waals surface area contributed by atoms with Crippen molar-refractivity contribution in [3.8, 4) is 11.7 Å². The van der Waals surface area contributed by atoms with Crippen molar-refractivity contribution in [1.29, 1.82) is 0 Å². The Bertz CT molecular complexity index is 1500. The molecule has 0 fully saturated rings. The first kappa shape index (κ1) is 14.5. The van der Waals surface area contributed by atoms with E-state index >= 15 is 0 Å². The fourth-order valence-electron chi connectivity index (χ4n) is 3.63. The van der Waals surface area contributed by atoms with Gasteiger partial charge in [0.1, 0.15) is 16.7 Å². The van der Waals surface area contributed by atoms with Crippen LogP contribution in [0.3, 0.4) is 0 Å². The fraction of sp³-hybridized carbons (Fsp3) is 0. The van der Waals surface area contributed by atoms with Gasteiger partial charge in [-0.15, -0.1) is 0 Å². The van der Waals surface area contributed by atoms with Crippen molar-refractivity contribution >= 4 is 49.6 Å². The van der Waals surface area contributed by atoms with Gasteiger partial charge in [-0.2, -0.15) is 0 Å². The van der Waals surface area contributed by atoms with E-state index in [0.717, 1.165) is 0 Å². The van der Waals surface area contributed by atoms with Gasteiger partial charge < -0.3 is 19.0 Å². The molecule has 0 aliphatic carbocycles. The SMILES string of the molecule is C=Cc1ccc2oc(=O)c3c(O)c4cccc(=O)c4c4oc(O)c1c2c34. The van der Waals surface area contributed by atoms with E-state index in [2.05, 4.69) is 6.58 Å². The zero-order chi connectivity index (χ0) is 18.2. The zero-order valence-electron chi connectivity index (χ0n) is 13.2. The molecule has 2 aromatic heterocycles. The van der Waals surface area contributed by atoms with Gasteiger partial charge in [0.2, 0.25) is 0 Å². The maximum absolute atomic E-state index is 12.5. The van der Waals surface area contributed by atoms with E-state index in [0.29, 0.717) is 16.3 Å². The van der Waals surface area contributed by atoms with Crippen LogP contribution in [-0.4, -0.2) is 10.2 Å². The molecule has 5 rings (SSSR count). The highest BCUT2D eigenvalue weighted by Crippen LogP contribution is 2.45. The summed E-state index contributed by atoms with van der Waals surface area (Å²) >= 11 is 0. The fourth-order valence-corrected chi connectivity index (χ4v) is 3.63. The van der Waals surface area contributed by atoms with Crippen molar-refractivity contribution in [2.45, 2.75) is 0 Å². The Kier molecular flexibility index (Phi) is 2.59. The van der Waals surface area contributed by atoms with Gasteiger partial charge in [0.25, 0.3) is 5.95 Å². The minimum Gasteiger partial charge on any atom is -0.506 e. The van der Waals surface area contributed by atoms with E-state index in [1.165, 1.54) is 24.3 Å². The molecule has 0 aliphatic rings. The van der Waals surface area contributed by atoms with E-state index in [-0.39, 0.29) is 38.5 Å². The molecule has 5 aromatic rings. The second kappa shape index (κ2) is 4.64. The van der Waals surface area contributed by atoms with Crippen molar-refractivity contribution in [2.24, 2.45) is 0 Å². The van der Waals surface area contributed by atoms with Gasteiger partial charge >= 0.3 is 5.63 Å². The predicted molar refractivity (Wildman–Crippen MR) is 98.1 cm³/mol. The van der Waals surface area contributed by atoms with Crippen molar-refractivity contribution in [2.75, 3.05) is 0 Å². The molecular weight excluding hydrogens is 336 g/mol. The first-order valence-electron chi connectivity index (χ1n) is 7.77. The molecular formula is C20H10O6. The number of aromatic hydroxyl groups is 2. The van der Waals surface area contributed by atoms with Gasteiger partial charge in [-0.05, 0) is 17.7 Å². The summed E-state index contributed by atoms with van der Waals surface area (Å²) in [6, 6.07) is 7.50. The maximum atomic E-state index is 12.5. The highest BCUT2D eigenvalue weighted by atomic mass is 16.5. The predicted octanol–water partition coefficient (Wildman–Crippen LogP) is 3.70. The summed E-state index contributed by atoms with van der Waals surface area (Å²) in [7, 11) is 0. The van der Waals surface area contributed by atoms with Gasteiger partial charge in [-0.25, -0.2) is 4.79 Å². The highest BCUT2D eigenvalue weighted by Gasteiger charge is 2.25. The van der Waals surface area contributed by atoms with Crippen molar-refractivity contribution in [3.05, 3.63) is 63.1 Å². The third-order valence-corrected chi connectivity index (χ3v) is 4.71. The first-order valence-corrected chi connectivity index (χ1v) is 7.77. The normalized spacial score (nSPS) is 11.8. The third kappa shape index (κ3) is 1.56. The van der Waals surface area contributed by atoms with E-state index in [1.54, 1.807) is 12.1 Å². The number of phenolic OH excluding ortho intramolecular Hbond substituents is 1. The molecule has 0 atom stereocenters. The molecule has 6 heteroatoms. The Morgan fingerprint density at radius 1 is 0.885 bits per heavy atom. The largest absolute Gasteiger partial charge is 0.506 e. The van der Waals surface area contributed by atoms with Crippen molar-refractivity contribution in [1.82, 2.24) is 0 Å². The molecule has 126 valence electrons. The summed E-state index contributed by atoms with van der Waals surface area (Å²) < 4.78 is 10.9. The summed E-state index contributed by atoms with van der Waals surface area (Å²) in [6.07, 6.45) is 1.52. The van der Waals surface area contributed by atoms with Crippen LogP contribution in [0.5, 0.6) is 11.7 Å². The van der Waals surface area contributed by atoms with Crippen molar-refractivity contribution in [3.63, 3.8) is 0 Å². The zero-order valence-corrected chi connectivity index (χ0v) is 13.2. The Morgan fingerprint density at radius 2 is 1.69 bits per heavy atom. The summed E-state index contributed by atoms with van der Waals surface area (Å²) in [5.74, 6) is -0.782. The second-order valence-corrected chi connectivity index (χ2v) is 6.01. The highest BCUT2D eigenvalue weighted by molar-refractivity contribution is 6.29. The Labute approximate surface area is 144 Å². The number of fused-ring (bicyclic) bond motifs is 2. The molecule has 0 saturated carbocycles. The van der Waals surface area contributed by atoms with Crippen LogP contribution in [0.25, 0.3) is 49.6 Å². The molecule has 0 radical (unpaired) electrons. The molecule has 3 aromatic carbocycles. The number of benzene rings is 3. The summed E-state index contributed by atoms with van der Waals surface area (Å²) in [6.45, 7) is 3.71. The van der Waals surface area contributed by atoms with E-state index < -0.39 is 17.0 Å². The molecule has 0 bridgehead atoms. The molecule has 2 heterocycles. The average molecular weight is 346 g/mol. The van der Waals surface area contributed by atoms with E-state index in [4.69, 9.17) is 8.83 Å². The molecule has 26 heavy (non-hydrogen) atoms. The number of rotatable bonds is 1. The number of hydrogen-bond donors (Lipinski definition) is 2. The van der Waals surface area contributed by atoms with Crippen LogP contribution in [0.1, 0.15) is 5.56 Å². The molecule has 6 nitrogen and oxygen atoms in total. The lowest BCUT2D eigenvalue weighted by Gasteiger charge is -2.14. The van der Waals surface area contributed by atoms with Crippen LogP contribution in [0.4, 0.5) is 0 Å². The summed E-state index contributed by atoms with van der Waals surface area (Å²) in [5, 5.41) is 22.2. The molecule has 0 aliphatic heterocycles.